The molecule has 0 aliphatic heterocycles. The molecule has 0 aliphatic rings. The maximum absolute atomic E-state index is 13.2. The lowest BCUT2D eigenvalue weighted by Crippen LogP contribution is -2.34. The molecule has 0 N–H and O–H groups in total. The van der Waals surface area contributed by atoms with Gasteiger partial charge in [0.2, 0.25) is 5.91 Å². The molecule has 0 fully saturated rings. The molecule has 3 rings (SSSR count). The Labute approximate surface area is 198 Å². The number of hydrogen-bond acceptors (Lipinski definition) is 6. The van der Waals surface area contributed by atoms with E-state index in [-0.39, 0.29) is 23.0 Å². The van der Waals surface area contributed by atoms with E-state index in [1.165, 1.54) is 35.6 Å². The zero-order valence-corrected chi connectivity index (χ0v) is 21.1. The van der Waals surface area contributed by atoms with Gasteiger partial charge in [-0.3, -0.25) is 9.69 Å². The van der Waals surface area contributed by atoms with Crippen LogP contribution in [0.4, 0.5) is 5.13 Å². The summed E-state index contributed by atoms with van der Waals surface area (Å²) in [5.74, 6) is -0.504. The van der Waals surface area contributed by atoms with Crippen LogP contribution in [0.15, 0.2) is 41.3 Å². The Balaban J connectivity index is 1.82. The quantitative estimate of drug-likeness (QED) is 0.431. The summed E-state index contributed by atoms with van der Waals surface area (Å²) < 4.78 is 26.4. The SMILES string of the molecule is Cc1cc(C)c2nc(N(CCCN(C)C)C(=O)CCS(=O)(=O)c3ccc(Cl)cc3)sc2c1. The van der Waals surface area contributed by atoms with Crippen molar-refractivity contribution in [2.75, 3.05) is 37.8 Å². The van der Waals surface area contributed by atoms with Gasteiger partial charge in [0.1, 0.15) is 0 Å². The summed E-state index contributed by atoms with van der Waals surface area (Å²) in [6.45, 7) is 5.34. The van der Waals surface area contributed by atoms with E-state index in [1.54, 1.807) is 4.90 Å². The smallest absolute Gasteiger partial charge is 0.229 e. The summed E-state index contributed by atoms with van der Waals surface area (Å²) in [4.78, 5) is 21.8. The first-order valence-electron chi connectivity index (χ1n) is 10.4. The van der Waals surface area contributed by atoms with E-state index in [4.69, 9.17) is 16.6 Å². The summed E-state index contributed by atoms with van der Waals surface area (Å²) in [5.41, 5.74) is 3.09. The van der Waals surface area contributed by atoms with Gasteiger partial charge in [-0.15, -0.1) is 0 Å². The highest BCUT2D eigenvalue weighted by Crippen LogP contribution is 2.32. The lowest BCUT2D eigenvalue weighted by Gasteiger charge is -2.21. The van der Waals surface area contributed by atoms with Gasteiger partial charge in [0, 0.05) is 18.0 Å². The van der Waals surface area contributed by atoms with Gasteiger partial charge in [0.05, 0.1) is 20.9 Å². The standard InChI is InChI=1S/C23H28ClN3O3S2/c1-16-14-17(2)22-20(15-16)31-23(25-22)27(12-5-11-26(3)4)21(28)10-13-32(29,30)19-8-6-18(24)7-9-19/h6-9,14-15H,5,10-13H2,1-4H3. The fourth-order valence-electron chi connectivity index (χ4n) is 3.46. The molecule has 1 heterocycles. The number of benzene rings is 2. The number of fused-ring (bicyclic) bond motifs is 1. The number of carbonyl (C=O) groups is 1. The summed E-state index contributed by atoms with van der Waals surface area (Å²) >= 11 is 7.33. The highest BCUT2D eigenvalue weighted by molar-refractivity contribution is 7.91. The molecule has 0 atom stereocenters. The highest BCUT2D eigenvalue weighted by Gasteiger charge is 2.23. The Morgan fingerprint density at radius 1 is 1.09 bits per heavy atom. The van der Waals surface area contributed by atoms with Gasteiger partial charge in [-0.05, 0) is 82.4 Å². The minimum atomic E-state index is -3.59. The third kappa shape index (κ3) is 6.07. The van der Waals surface area contributed by atoms with Crippen LogP contribution in [0.1, 0.15) is 24.0 Å². The van der Waals surface area contributed by atoms with Crippen molar-refractivity contribution in [3.05, 3.63) is 52.5 Å². The average Bonchev–Trinajstić information content (AvgIpc) is 3.13. The summed E-state index contributed by atoms with van der Waals surface area (Å²) in [6, 6.07) is 10.1. The van der Waals surface area contributed by atoms with Crippen LogP contribution in [0.25, 0.3) is 10.2 Å². The molecule has 0 spiro atoms. The van der Waals surface area contributed by atoms with Gasteiger partial charge in [0.15, 0.2) is 15.0 Å². The van der Waals surface area contributed by atoms with Crippen molar-refractivity contribution in [1.82, 2.24) is 9.88 Å². The van der Waals surface area contributed by atoms with Crippen LogP contribution < -0.4 is 4.90 Å². The van der Waals surface area contributed by atoms with Crippen molar-refractivity contribution in [1.29, 1.82) is 0 Å². The maximum atomic E-state index is 13.2. The van der Waals surface area contributed by atoms with Crippen LogP contribution in [0, 0.1) is 13.8 Å². The van der Waals surface area contributed by atoms with Crippen LogP contribution in [0.2, 0.25) is 5.02 Å². The van der Waals surface area contributed by atoms with E-state index in [2.05, 4.69) is 17.0 Å². The fourth-order valence-corrected chi connectivity index (χ4v) is 6.00. The molecule has 3 aromatic rings. The number of sulfone groups is 1. The number of hydrogen-bond donors (Lipinski definition) is 0. The minimum absolute atomic E-state index is 0.110. The zero-order valence-electron chi connectivity index (χ0n) is 18.8. The van der Waals surface area contributed by atoms with E-state index in [1.807, 2.05) is 27.9 Å². The van der Waals surface area contributed by atoms with Crippen molar-refractivity contribution >= 4 is 54.0 Å². The average molecular weight is 494 g/mol. The molecule has 2 aromatic carbocycles. The number of rotatable bonds is 9. The molecule has 0 bridgehead atoms. The van der Waals surface area contributed by atoms with Gasteiger partial charge in [-0.2, -0.15) is 0 Å². The second-order valence-electron chi connectivity index (χ2n) is 8.15. The molecule has 6 nitrogen and oxygen atoms in total. The van der Waals surface area contributed by atoms with Crippen LogP contribution >= 0.6 is 22.9 Å². The largest absolute Gasteiger partial charge is 0.309 e. The molecular weight excluding hydrogens is 466 g/mol. The summed E-state index contributed by atoms with van der Waals surface area (Å²) in [7, 11) is 0.372. The number of nitrogens with zero attached hydrogens (tertiary/aromatic N) is 3. The monoisotopic (exact) mass is 493 g/mol. The third-order valence-electron chi connectivity index (χ3n) is 5.09. The predicted octanol–water partition coefficient (Wildman–Crippen LogP) is 4.72. The molecular formula is C23H28ClN3O3S2. The third-order valence-corrected chi connectivity index (χ3v) is 8.10. The second-order valence-corrected chi connectivity index (χ2v) is 11.7. The van der Waals surface area contributed by atoms with Crippen molar-refractivity contribution in [3.8, 4) is 0 Å². The van der Waals surface area contributed by atoms with Crippen molar-refractivity contribution in [2.24, 2.45) is 0 Å². The van der Waals surface area contributed by atoms with Crippen LogP contribution in [0.5, 0.6) is 0 Å². The first-order chi connectivity index (χ1) is 15.1. The van der Waals surface area contributed by atoms with Crippen molar-refractivity contribution in [3.63, 3.8) is 0 Å². The van der Waals surface area contributed by atoms with Gasteiger partial charge in [-0.25, -0.2) is 13.4 Å². The lowest BCUT2D eigenvalue weighted by atomic mass is 10.1. The first-order valence-corrected chi connectivity index (χ1v) is 13.2. The minimum Gasteiger partial charge on any atom is -0.309 e. The normalized spacial score (nSPS) is 11.9. The topological polar surface area (TPSA) is 70.6 Å². The molecule has 172 valence electrons. The van der Waals surface area contributed by atoms with Crippen molar-refractivity contribution in [2.45, 2.75) is 31.6 Å². The zero-order chi connectivity index (χ0) is 23.5. The molecule has 0 saturated carbocycles. The maximum Gasteiger partial charge on any atom is 0.229 e. The number of halogens is 1. The molecule has 32 heavy (non-hydrogen) atoms. The highest BCUT2D eigenvalue weighted by atomic mass is 35.5. The Morgan fingerprint density at radius 2 is 1.78 bits per heavy atom. The first kappa shape index (κ1) is 24.6. The Morgan fingerprint density at radius 3 is 2.44 bits per heavy atom. The number of anilines is 1. The van der Waals surface area contributed by atoms with Crippen LogP contribution in [0.3, 0.4) is 0 Å². The molecule has 9 heteroatoms. The van der Waals surface area contributed by atoms with E-state index < -0.39 is 9.84 Å². The number of aryl methyl sites for hydroxylation is 2. The second kappa shape index (κ2) is 10.3. The Hall–Kier alpha value is -2.00. The lowest BCUT2D eigenvalue weighted by molar-refractivity contribution is -0.118. The molecule has 1 aromatic heterocycles. The van der Waals surface area contributed by atoms with E-state index in [9.17, 15) is 13.2 Å². The molecule has 0 saturated heterocycles. The number of aromatic nitrogens is 1. The molecule has 1 amide bonds. The Kier molecular flexibility index (Phi) is 7.92. The van der Waals surface area contributed by atoms with Gasteiger partial charge < -0.3 is 4.90 Å². The van der Waals surface area contributed by atoms with Crippen LogP contribution in [-0.4, -0.2) is 57.1 Å². The van der Waals surface area contributed by atoms with Gasteiger partial charge in [-0.1, -0.05) is 29.0 Å². The van der Waals surface area contributed by atoms with Crippen LogP contribution in [-0.2, 0) is 14.6 Å². The fraction of sp³-hybridized carbons (Fsp3) is 0.391. The molecule has 0 unspecified atom stereocenters. The van der Waals surface area contributed by atoms with Crippen molar-refractivity contribution < 1.29 is 13.2 Å². The van der Waals surface area contributed by atoms with E-state index >= 15 is 0 Å². The Bertz CT molecular complexity index is 1210. The molecule has 0 aliphatic carbocycles. The number of amides is 1. The van der Waals surface area contributed by atoms with E-state index in [0.717, 1.165) is 34.3 Å². The summed E-state index contributed by atoms with van der Waals surface area (Å²) in [6.07, 6.45) is 0.650. The summed E-state index contributed by atoms with van der Waals surface area (Å²) in [5, 5.41) is 1.08. The molecule has 0 radical (unpaired) electrons. The predicted molar refractivity (Wildman–Crippen MR) is 133 cm³/mol. The van der Waals surface area contributed by atoms with Gasteiger partial charge in [0.25, 0.3) is 0 Å². The number of carbonyl (C=O) groups excluding carboxylic acids is 1. The van der Waals surface area contributed by atoms with Gasteiger partial charge >= 0.3 is 0 Å². The number of thiazole rings is 1. The van der Waals surface area contributed by atoms with E-state index in [0.29, 0.717) is 16.7 Å².